The van der Waals surface area contributed by atoms with Crippen LogP contribution in [0.4, 0.5) is 0 Å². The van der Waals surface area contributed by atoms with Crippen molar-refractivity contribution in [3.8, 4) is 0 Å². The Labute approximate surface area is 159 Å². The SMILES string of the molecule is CCc1cccc2c(C(=O)COC(=O)c3cc(Br)c(Br)s3)c[nH]c12. The lowest BCUT2D eigenvalue weighted by Crippen LogP contribution is -2.13. The number of aryl methyl sites for hydroxylation is 1. The first-order chi connectivity index (χ1) is 11.5. The lowest BCUT2D eigenvalue weighted by molar-refractivity contribution is 0.0480. The van der Waals surface area contributed by atoms with Gasteiger partial charge in [-0.2, -0.15) is 0 Å². The van der Waals surface area contributed by atoms with Crippen LogP contribution < -0.4 is 0 Å². The maximum atomic E-state index is 12.4. The molecule has 0 bridgehead atoms. The molecule has 1 N–H and O–H groups in total. The number of carbonyl (C=O) groups is 2. The number of nitrogens with one attached hydrogen (secondary N) is 1. The fourth-order valence-electron chi connectivity index (χ4n) is 2.47. The summed E-state index contributed by atoms with van der Waals surface area (Å²) in [7, 11) is 0. The molecule has 7 heteroatoms. The van der Waals surface area contributed by atoms with E-state index >= 15 is 0 Å². The number of hydrogen-bond acceptors (Lipinski definition) is 4. The van der Waals surface area contributed by atoms with Gasteiger partial charge in [-0.3, -0.25) is 4.79 Å². The Hall–Kier alpha value is -1.44. The van der Waals surface area contributed by atoms with Crippen molar-refractivity contribution in [1.82, 2.24) is 4.98 Å². The second-order valence-corrected chi connectivity index (χ2v) is 8.35. The predicted molar refractivity (Wildman–Crippen MR) is 102 cm³/mol. The van der Waals surface area contributed by atoms with E-state index in [-0.39, 0.29) is 12.4 Å². The van der Waals surface area contributed by atoms with Gasteiger partial charge in [-0.15, -0.1) is 11.3 Å². The smallest absolute Gasteiger partial charge is 0.348 e. The number of thiophene rings is 1. The van der Waals surface area contributed by atoms with Gasteiger partial charge in [0, 0.05) is 27.1 Å². The van der Waals surface area contributed by atoms with Gasteiger partial charge >= 0.3 is 5.97 Å². The van der Waals surface area contributed by atoms with Crippen molar-refractivity contribution in [1.29, 1.82) is 0 Å². The Morgan fingerprint density at radius 2 is 2.08 bits per heavy atom. The molecular weight excluding hydrogens is 458 g/mol. The number of hydrogen-bond donors (Lipinski definition) is 1. The number of Topliss-reactive ketones (excluding diaryl/α,β-unsaturated/α-hetero) is 1. The average molecular weight is 471 g/mol. The molecule has 0 unspecified atom stereocenters. The van der Waals surface area contributed by atoms with Crippen molar-refractivity contribution >= 4 is 65.9 Å². The van der Waals surface area contributed by atoms with E-state index in [9.17, 15) is 9.59 Å². The summed E-state index contributed by atoms with van der Waals surface area (Å²) in [4.78, 5) is 28.0. The summed E-state index contributed by atoms with van der Waals surface area (Å²) in [5.74, 6) is -0.730. The summed E-state index contributed by atoms with van der Waals surface area (Å²) in [5, 5.41) is 0.858. The molecule has 0 atom stereocenters. The minimum atomic E-state index is -0.506. The number of ketones is 1. The molecule has 0 saturated heterocycles. The van der Waals surface area contributed by atoms with E-state index in [0.29, 0.717) is 10.4 Å². The van der Waals surface area contributed by atoms with Gasteiger partial charge in [-0.05, 0) is 49.9 Å². The number of benzene rings is 1. The summed E-state index contributed by atoms with van der Waals surface area (Å²) < 4.78 is 6.75. The Balaban J connectivity index is 1.75. The zero-order valence-corrected chi connectivity index (χ0v) is 16.7. The van der Waals surface area contributed by atoms with Gasteiger partial charge in [0.1, 0.15) is 4.88 Å². The molecule has 0 aliphatic carbocycles. The van der Waals surface area contributed by atoms with Crippen LogP contribution in [0.3, 0.4) is 0 Å². The molecule has 0 saturated carbocycles. The van der Waals surface area contributed by atoms with E-state index in [2.05, 4.69) is 43.8 Å². The molecule has 124 valence electrons. The average Bonchev–Trinajstić information content (AvgIpc) is 3.16. The first-order valence-electron chi connectivity index (χ1n) is 7.25. The molecule has 2 heterocycles. The number of rotatable bonds is 5. The highest BCUT2D eigenvalue weighted by atomic mass is 79.9. The van der Waals surface area contributed by atoms with E-state index in [1.807, 2.05) is 18.2 Å². The topological polar surface area (TPSA) is 59.2 Å². The number of carbonyl (C=O) groups excluding carboxylic acids is 2. The van der Waals surface area contributed by atoms with Gasteiger partial charge in [0.15, 0.2) is 6.61 Å². The van der Waals surface area contributed by atoms with Crippen molar-refractivity contribution in [2.24, 2.45) is 0 Å². The molecule has 1 aromatic carbocycles. The Morgan fingerprint density at radius 1 is 1.29 bits per heavy atom. The van der Waals surface area contributed by atoms with Crippen LogP contribution in [0.25, 0.3) is 10.9 Å². The predicted octanol–water partition coefficient (Wildman–Crippen LogP) is 5.36. The molecule has 0 amide bonds. The first kappa shape index (κ1) is 17.4. The van der Waals surface area contributed by atoms with Crippen LogP contribution in [-0.2, 0) is 11.2 Å². The highest BCUT2D eigenvalue weighted by Crippen LogP contribution is 2.32. The molecule has 4 nitrogen and oxygen atoms in total. The monoisotopic (exact) mass is 469 g/mol. The number of aromatic amines is 1. The summed E-state index contributed by atoms with van der Waals surface area (Å²) in [6, 6.07) is 7.52. The third-order valence-electron chi connectivity index (χ3n) is 3.66. The second kappa shape index (κ2) is 7.21. The van der Waals surface area contributed by atoms with Gasteiger partial charge in [0.05, 0.1) is 3.79 Å². The molecule has 0 radical (unpaired) electrons. The summed E-state index contributed by atoms with van der Waals surface area (Å²) in [5.41, 5.74) is 2.65. The summed E-state index contributed by atoms with van der Waals surface area (Å²) in [6.45, 7) is 1.78. The number of aromatic nitrogens is 1. The second-order valence-electron chi connectivity index (χ2n) is 5.13. The molecule has 3 rings (SSSR count). The van der Waals surface area contributed by atoms with Crippen molar-refractivity contribution < 1.29 is 14.3 Å². The lowest BCUT2D eigenvalue weighted by Gasteiger charge is -2.03. The first-order valence-corrected chi connectivity index (χ1v) is 9.65. The number of halogens is 2. The normalized spacial score (nSPS) is 11.0. The molecule has 0 aliphatic heterocycles. The van der Waals surface area contributed by atoms with Crippen molar-refractivity contribution in [2.75, 3.05) is 6.61 Å². The number of para-hydroxylation sites is 1. The van der Waals surface area contributed by atoms with E-state index in [1.165, 1.54) is 11.3 Å². The lowest BCUT2D eigenvalue weighted by atomic mass is 10.1. The van der Waals surface area contributed by atoms with Crippen molar-refractivity contribution in [2.45, 2.75) is 13.3 Å². The van der Waals surface area contributed by atoms with Crippen molar-refractivity contribution in [3.63, 3.8) is 0 Å². The quantitative estimate of drug-likeness (QED) is 0.403. The number of ether oxygens (including phenoxy) is 1. The van der Waals surface area contributed by atoms with E-state index in [4.69, 9.17) is 4.74 Å². The van der Waals surface area contributed by atoms with E-state index in [1.54, 1.807) is 12.3 Å². The molecule has 0 spiro atoms. The molecular formula is C17H13Br2NO3S. The van der Waals surface area contributed by atoms with Crippen LogP contribution in [0.5, 0.6) is 0 Å². The molecule has 2 aromatic heterocycles. The minimum Gasteiger partial charge on any atom is -0.453 e. The zero-order chi connectivity index (χ0) is 17.3. The molecule has 0 aliphatic rings. The third-order valence-corrected chi connectivity index (χ3v) is 6.90. The van der Waals surface area contributed by atoms with Gasteiger partial charge in [-0.1, -0.05) is 25.1 Å². The molecule has 0 fully saturated rings. The largest absolute Gasteiger partial charge is 0.453 e. The highest BCUT2D eigenvalue weighted by molar-refractivity contribution is 9.13. The van der Waals surface area contributed by atoms with Gasteiger partial charge in [-0.25, -0.2) is 4.79 Å². The number of fused-ring (bicyclic) bond motifs is 1. The van der Waals surface area contributed by atoms with Crippen LogP contribution in [0.1, 0.15) is 32.5 Å². The Bertz CT molecular complexity index is 910. The van der Waals surface area contributed by atoms with Crippen molar-refractivity contribution in [3.05, 3.63) is 54.7 Å². The minimum absolute atomic E-state index is 0.224. The maximum absolute atomic E-state index is 12.4. The highest BCUT2D eigenvalue weighted by Gasteiger charge is 2.18. The molecule has 24 heavy (non-hydrogen) atoms. The Kier molecular flexibility index (Phi) is 5.22. The summed E-state index contributed by atoms with van der Waals surface area (Å²) >= 11 is 7.91. The number of esters is 1. The van der Waals surface area contributed by atoms with Crippen LogP contribution in [0.15, 0.2) is 38.7 Å². The van der Waals surface area contributed by atoms with E-state index in [0.717, 1.165) is 31.1 Å². The van der Waals surface area contributed by atoms with Crippen LogP contribution in [0.2, 0.25) is 0 Å². The van der Waals surface area contributed by atoms with Crippen LogP contribution >= 0.6 is 43.2 Å². The molecule has 3 aromatic rings. The zero-order valence-electron chi connectivity index (χ0n) is 12.7. The van der Waals surface area contributed by atoms with Crippen LogP contribution in [-0.4, -0.2) is 23.3 Å². The van der Waals surface area contributed by atoms with Crippen LogP contribution in [0, 0.1) is 0 Å². The summed E-state index contributed by atoms with van der Waals surface area (Å²) in [6.07, 6.45) is 2.56. The van der Waals surface area contributed by atoms with Gasteiger partial charge in [0.2, 0.25) is 5.78 Å². The fourth-order valence-corrected chi connectivity index (χ4v) is 4.40. The standard InChI is InChI=1S/C17H13Br2NO3S/c1-2-9-4-3-5-10-11(7-20-15(9)10)13(21)8-23-17(22)14-6-12(18)16(19)24-14/h3-7,20H,2,8H2,1H3. The maximum Gasteiger partial charge on any atom is 0.348 e. The fraction of sp³-hybridized carbons (Fsp3) is 0.176. The third kappa shape index (κ3) is 3.34. The Morgan fingerprint density at radius 3 is 2.75 bits per heavy atom. The number of H-pyrrole nitrogens is 1. The van der Waals surface area contributed by atoms with Gasteiger partial charge < -0.3 is 9.72 Å². The van der Waals surface area contributed by atoms with Gasteiger partial charge in [0.25, 0.3) is 0 Å². The van der Waals surface area contributed by atoms with E-state index < -0.39 is 5.97 Å².